The SMILES string of the molecule is Cc1cccc(C(NC(=O)c2cc(C)nc(C)n2)C2CC2)n1. The largest absolute Gasteiger partial charge is 0.342 e. The standard InChI is InChI=1S/C17H20N4O/c1-10-5-4-6-14(19-10)16(13-7-8-13)21-17(22)15-9-11(2)18-12(3)20-15/h4-6,9,13,16H,7-8H2,1-3H3,(H,21,22). The van der Waals surface area contributed by atoms with Crippen LogP contribution in [0.3, 0.4) is 0 Å². The number of hydrogen-bond acceptors (Lipinski definition) is 4. The number of nitrogens with one attached hydrogen (secondary N) is 1. The minimum atomic E-state index is -0.159. The monoisotopic (exact) mass is 296 g/mol. The fourth-order valence-electron chi connectivity index (χ4n) is 2.65. The predicted octanol–water partition coefficient (Wildman–Crippen LogP) is 2.68. The topological polar surface area (TPSA) is 67.8 Å². The molecule has 0 radical (unpaired) electrons. The molecule has 0 aromatic carbocycles. The van der Waals surface area contributed by atoms with Crippen molar-refractivity contribution in [2.24, 2.45) is 5.92 Å². The van der Waals surface area contributed by atoms with E-state index in [4.69, 9.17) is 0 Å². The number of nitrogens with zero attached hydrogens (tertiary/aromatic N) is 3. The quantitative estimate of drug-likeness (QED) is 0.942. The van der Waals surface area contributed by atoms with E-state index in [1.54, 1.807) is 13.0 Å². The van der Waals surface area contributed by atoms with Crippen molar-refractivity contribution in [2.45, 2.75) is 39.7 Å². The first kappa shape index (κ1) is 14.6. The normalized spacial score (nSPS) is 15.4. The molecule has 1 atom stereocenters. The molecule has 0 spiro atoms. The van der Waals surface area contributed by atoms with Crippen LogP contribution in [0.5, 0.6) is 0 Å². The molecule has 1 N–H and O–H groups in total. The summed E-state index contributed by atoms with van der Waals surface area (Å²) in [6, 6.07) is 7.61. The molecule has 1 aliphatic rings. The van der Waals surface area contributed by atoms with Gasteiger partial charge in [-0.3, -0.25) is 9.78 Å². The minimum absolute atomic E-state index is 0.0389. The number of carbonyl (C=O) groups is 1. The van der Waals surface area contributed by atoms with Crippen molar-refractivity contribution in [2.75, 3.05) is 0 Å². The van der Waals surface area contributed by atoms with Crippen LogP contribution in [-0.4, -0.2) is 20.9 Å². The maximum atomic E-state index is 12.5. The lowest BCUT2D eigenvalue weighted by Gasteiger charge is -2.18. The van der Waals surface area contributed by atoms with E-state index in [0.717, 1.165) is 29.9 Å². The first-order chi connectivity index (χ1) is 10.5. The van der Waals surface area contributed by atoms with Crippen LogP contribution < -0.4 is 5.32 Å². The summed E-state index contributed by atoms with van der Waals surface area (Å²) in [7, 11) is 0. The zero-order valence-electron chi connectivity index (χ0n) is 13.1. The highest BCUT2D eigenvalue weighted by atomic mass is 16.2. The molecule has 2 aromatic heterocycles. The van der Waals surface area contributed by atoms with Gasteiger partial charge in [0.15, 0.2) is 0 Å². The van der Waals surface area contributed by atoms with Crippen LogP contribution in [0.25, 0.3) is 0 Å². The molecule has 1 aliphatic carbocycles. The zero-order valence-corrected chi connectivity index (χ0v) is 13.1. The minimum Gasteiger partial charge on any atom is -0.342 e. The molecular formula is C17H20N4O. The third-order valence-corrected chi connectivity index (χ3v) is 3.81. The Bertz CT molecular complexity index is 689. The molecule has 0 aliphatic heterocycles. The fourth-order valence-corrected chi connectivity index (χ4v) is 2.65. The van der Waals surface area contributed by atoms with Gasteiger partial charge in [0.2, 0.25) is 0 Å². The Hall–Kier alpha value is -2.30. The van der Waals surface area contributed by atoms with Crippen molar-refractivity contribution in [3.05, 3.63) is 52.9 Å². The van der Waals surface area contributed by atoms with Crippen molar-refractivity contribution in [1.29, 1.82) is 0 Å². The van der Waals surface area contributed by atoms with E-state index >= 15 is 0 Å². The number of amides is 1. The second-order valence-electron chi connectivity index (χ2n) is 5.93. The summed E-state index contributed by atoms with van der Waals surface area (Å²) in [6.07, 6.45) is 2.25. The van der Waals surface area contributed by atoms with Crippen LogP contribution in [0.2, 0.25) is 0 Å². The maximum Gasteiger partial charge on any atom is 0.270 e. The molecular weight excluding hydrogens is 276 g/mol. The molecule has 1 fully saturated rings. The van der Waals surface area contributed by atoms with E-state index in [1.807, 2.05) is 32.0 Å². The summed E-state index contributed by atoms with van der Waals surface area (Å²) in [5, 5.41) is 3.10. The highest BCUT2D eigenvalue weighted by Crippen LogP contribution is 2.40. The van der Waals surface area contributed by atoms with Crippen molar-refractivity contribution in [1.82, 2.24) is 20.3 Å². The molecule has 0 saturated heterocycles. The molecule has 5 nitrogen and oxygen atoms in total. The lowest BCUT2D eigenvalue weighted by molar-refractivity contribution is 0.0925. The number of aryl methyl sites for hydroxylation is 3. The molecule has 114 valence electrons. The molecule has 1 amide bonds. The molecule has 0 bridgehead atoms. The molecule has 22 heavy (non-hydrogen) atoms. The molecule has 2 aromatic rings. The van der Waals surface area contributed by atoms with E-state index in [-0.39, 0.29) is 11.9 Å². The van der Waals surface area contributed by atoms with Gasteiger partial charge in [0, 0.05) is 11.4 Å². The van der Waals surface area contributed by atoms with Gasteiger partial charge in [0.05, 0.1) is 11.7 Å². The van der Waals surface area contributed by atoms with Crippen LogP contribution in [0.4, 0.5) is 0 Å². The van der Waals surface area contributed by atoms with Gasteiger partial charge in [-0.05, 0) is 57.7 Å². The summed E-state index contributed by atoms with van der Waals surface area (Å²) < 4.78 is 0. The number of pyridine rings is 1. The van der Waals surface area contributed by atoms with Crippen LogP contribution in [0.15, 0.2) is 24.3 Å². The third-order valence-electron chi connectivity index (χ3n) is 3.81. The summed E-state index contributed by atoms with van der Waals surface area (Å²) in [5.41, 5.74) is 3.11. The smallest absolute Gasteiger partial charge is 0.270 e. The van der Waals surface area contributed by atoms with Crippen LogP contribution >= 0.6 is 0 Å². The zero-order chi connectivity index (χ0) is 15.7. The summed E-state index contributed by atoms with van der Waals surface area (Å²) in [5.74, 6) is 0.929. The second-order valence-corrected chi connectivity index (χ2v) is 5.93. The average Bonchev–Trinajstić information content (AvgIpc) is 3.28. The molecule has 1 saturated carbocycles. The Balaban J connectivity index is 1.83. The van der Waals surface area contributed by atoms with Crippen LogP contribution in [-0.2, 0) is 0 Å². The Morgan fingerprint density at radius 1 is 1.14 bits per heavy atom. The van der Waals surface area contributed by atoms with Crippen LogP contribution in [0.1, 0.15) is 52.3 Å². The van der Waals surface area contributed by atoms with E-state index in [1.165, 1.54) is 0 Å². The van der Waals surface area contributed by atoms with Gasteiger partial charge in [-0.15, -0.1) is 0 Å². The molecule has 5 heteroatoms. The number of aromatic nitrogens is 3. The lowest BCUT2D eigenvalue weighted by atomic mass is 10.1. The Kier molecular flexibility index (Phi) is 3.88. The maximum absolute atomic E-state index is 12.5. The van der Waals surface area contributed by atoms with Gasteiger partial charge in [-0.2, -0.15) is 0 Å². The lowest BCUT2D eigenvalue weighted by Crippen LogP contribution is -2.31. The summed E-state index contributed by atoms with van der Waals surface area (Å²) >= 11 is 0. The Labute approximate surface area is 130 Å². The van der Waals surface area contributed by atoms with Gasteiger partial charge < -0.3 is 5.32 Å². The predicted molar refractivity (Wildman–Crippen MR) is 83.4 cm³/mol. The summed E-state index contributed by atoms with van der Waals surface area (Å²) in [6.45, 7) is 5.63. The van der Waals surface area contributed by atoms with Crippen molar-refractivity contribution in [3.63, 3.8) is 0 Å². The van der Waals surface area contributed by atoms with Crippen molar-refractivity contribution < 1.29 is 4.79 Å². The molecule has 2 heterocycles. The number of rotatable bonds is 4. The van der Waals surface area contributed by atoms with Crippen molar-refractivity contribution in [3.8, 4) is 0 Å². The first-order valence-electron chi connectivity index (χ1n) is 7.59. The van der Waals surface area contributed by atoms with E-state index < -0.39 is 0 Å². The summed E-state index contributed by atoms with van der Waals surface area (Å²) in [4.78, 5) is 25.5. The average molecular weight is 296 g/mol. The third kappa shape index (κ3) is 3.30. The Morgan fingerprint density at radius 3 is 2.55 bits per heavy atom. The van der Waals surface area contributed by atoms with E-state index in [0.29, 0.717) is 17.4 Å². The second kappa shape index (κ2) is 5.83. The number of carbonyl (C=O) groups excluding carboxylic acids is 1. The van der Waals surface area contributed by atoms with Gasteiger partial charge in [-0.1, -0.05) is 6.07 Å². The van der Waals surface area contributed by atoms with Gasteiger partial charge in [0.1, 0.15) is 11.5 Å². The van der Waals surface area contributed by atoms with Crippen LogP contribution in [0, 0.1) is 26.7 Å². The highest BCUT2D eigenvalue weighted by Gasteiger charge is 2.34. The number of hydrogen-bond donors (Lipinski definition) is 1. The molecule has 1 unspecified atom stereocenters. The van der Waals surface area contributed by atoms with Gasteiger partial charge in [-0.25, -0.2) is 9.97 Å². The Morgan fingerprint density at radius 2 is 1.91 bits per heavy atom. The van der Waals surface area contributed by atoms with Gasteiger partial charge in [0.25, 0.3) is 5.91 Å². The first-order valence-corrected chi connectivity index (χ1v) is 7.59. The highest BCUT2D eigenvalue weighted by molar-refractivity contribution is 5.92. The fraction of sp³-hybridized carbons (Fsp3) is 0.412. The van der Waals surface area contributed by atoms with Gasteiger partial charge >= 0.3 is 0 Å². The molecule has 3 rings (SSSR count). The van der Waals surface area contributed by atoms with E-state index in [9.17, 15) is 4.79 Å². The van der Waals surface area contributed by atoms with Crippen molar-refractivity contribution >= 4 is 5.91 Å². The van der Waals surface area contributed by atoms with E-state index in [2.05, 4.69) is 20.3 Å².